The third-order valence-corrected chi connectivity index (χ3v) is 7.77. The smallest absolute Gasteiger partial charge is 0.387 e. The number of phosphoric acid groups is 3. The highest BCUT2D eigenvalue weighted by atomic mass is 31.3. The number of hydrogen-bond acceptors (Lipinski definition) is 12. The number of nitrogens with zero attached hydrogens (tertiary/aromatic N) is 3. The first-order chi connectivity index (χ1) is 14.4. The lowest BCUT2D eigenvalue weighted by molar-refractivity contribution is -0.0917. The van der Waals surface area contributed by atoms with Crippen LogP contribution in [0.4, 0.5) is 14.6 Å². The molecule has 7 atom stereocenters. The zero-order valence-corrected chi connectivity index (χ0v) is 18.3. The molecular weight excluding hydrogens is 515 g/mol. The van der Waals surface area contributed by atoms with Gasteiger partial charge in [0.2, 0.25) is 5.67 Å². The molecule has 0 aromatic carbocycles. The molecule has 17 nitrogen and oxygen atoms in total. The van der Waals surface area contributed by atoms with Crippen molar-refractivity contribution >= 4 is 29.3 Å². The quantitative estimate of drug-likeness (QED) is 0.206. The Kier molecular flexibility index (Phi) is 7.79. The van der Waals surface area contributed by atoms with E-state index in [-0.39, 0.29) is 10.5 Å². The van der Waals surface area contributed by atoms with Crippen molar-refractivity contribution in [3.8, 4) is 0 Å². The fourth-order valence-electron chi connectivity index (χ4n) is 2.62. The number of nitrogen functional groups attached to an aromatic ring is 1. The number of ether oxygens (including phenoxy) is 1. The molecule has 1 aliphatic rings. The van der Waals surface area contributed by atoms with Crippen LogP contribution in [0.2, 0.25) is 0 Å². The van der Waals surface area contributed by atoms with Gasteiger partial charge in [-0.05, 0) is 6.92 Å². The number of nitrogens with two attached hydrogens (primary N) is 1. The van der Waals surface area contributed by atoms with Gasteiger partial charge in [-0.1, -0.05) is 0 Å². The van der Waals surface area contributed by atoms with Crippen LogP contribution in [0.5, 0.6) is 0 Å². The maximum absolute atomic E-state index is 15.1. The average molecular weight is 532 g/mol. The molecule has 1 aromatic rings. The van der Waals surface area contributed by atoms with Crippen molar-refractivity contribution in [1.82, 2.24) is 14.8 Å². The van der Waals surface area contributed by atoms with Crippen LogP contribution in [0, 0.1) is 0 Å². The van der Waals surface area contributed by atoms with E-state index >= 15 is 4.39 Å². The second-order valence-corrected chi connectivity index (χ2v) is 10.6. The van der Waals surface area contributed by atoms with E-state index in [0.29, 0.717) is 0 Å². The first-order valence-corrected chi connectivity index (χ1v) is 12.5. The molecule has 1 aromatic heterocycles. The first kappa shape index (κ1) is 27.0. The van der Waals surface area contributed by atoms with E-state index < -0.39 is 66.0 Å². The normalized spacial score (nSPS) is 31.1. The topological polar surface area (TPSA) is 263 Å². The van der Waals surface area contributed by atoms with Gasteiger partial charge in [0.15, 0.2) is 6.23 Å². The van der Waals surface area contributed by atoms with Crippen molar-refractivity contribution in [3.05, 3.63) is 16.7 Å². The molecule has 2 rings (SSSR count). The van der Waals surface area contributed by atoms with Gasteiger partial charge in [0.05, 0.1) is 12.3 Å². The number of rotatable bonds is 9. The molecule has 0 saturated carbocycles. The molecule has 1 aliphatic heterocycles. The van der Waals surface area contributed by atoms with E-state index in [1.165, 1.54) is 0 Å². The van der Waals surface area contributed by atoms with Gasteiger partial charge in [-0.2, -0.15) is 23.4 Å². The summed E-state index contributed by atoms with van der Waals surface area (Å²) in [7, 11) is -17.2. The number of anilines is 1. The predicted octanol–water partition coefficient (Wildman–Crippen LogP) is -1.11. The van der Waals surface area contributed by atoms with E-state index in [1.807, 2.05) is 0 Å². The summed E-state index contributed by atoms with van der Waals surface area (Å²) in [5.74, 6) is -0.368. The molecule has 0 amide bonds. The second kappa shape index (κ2) is 9.21. The lowest BCUT2D eigenvalue weighted by Crippen LogP contribution is -2.48. The predicted molar refractivity (Wildman–Crippen MR) is 94.8 cm³/mol. The highest BCUT2D eigenvalue weighted by Gasteiger charge is 2.61. The zero-order valence-electron chi connectivity index (χ0n) is 15.6. The Morgan fingerprint density at radius 2 is 1.88 bits per heavy atom. The standard InChI is InChI=1S/C10H17F2N4O13P3/c1-4(27-31(22,23)29-32(24,25)28-30(19,20)21)6-7(17)10(12,3-11)8(26-6)16-9(18)15-5(13)2-14-16/h2,4,6-8,17H,3H2,1H3,(H,22,23)(H,24,25)(H2,13,15,18)(H2,19,20,21)/t4-,6-,7?,8-,10-/m1/s1. The number of halogens is 2. The van der Waals surface area contributed by atoms with Gasteiger partial charge < -0.3 is 35.2 Å². The van der Waals surface area contributed by atoms with E-state index in [1.54, 1.807) is 0 Å². The molecule has 184 valence electrons. The number of hydrogen-bond donors (Lipinski definition) is 6. The van der Waals surface area contributed by atoms with Crippen LogP contribution < -0.4 is 11.4 Å². The molecule has 0 bridgehead atoms. The van der Waals surface area contributed by atoms with Gasteiger partial charge in [-0.15, -0.1) is 0 Å². The monoisotopic (exact) mass is 532 g/mol. The molecule has 7 N–H and O–H groups in total. The van der Waals surface area contributed by atoms with E-state index in [2.05, 4.69) is 23.2 Å². The summed E-state index contributed by atoms with van der Waals surface area (Å²) < 4.78 is 79.3. The first-order valence-electron chi connectivity index (χ1n) is 8.03. The van der Waals surface area contributed by atoms with Crippen molar-refractivity contribution < 1.29 is 65.0 Å². The fraction of sp³-hybridized carbons (Fsp3) is 0.700. The second-order valence-electron chi connectivity index (χ2n) is 6.27. The maximum Gasteiger partial charge on any atom is 0.490 e. The Morgan fingerprint density at radius 1 is 1.28 bits per heavy atom. The van der Waals surface area contributed by atoms with Gasteiger partial charge in [-0.3, -0.25) is 4.52 Å². The van der Waals surface area contributed by atoms with Crippen LogP contribution in [0.1, 0.15) is 13.2 Å². The minimum absolute atomic E-state index is 0.205. The van der Waals surface area contributed by atoms with Gasteiger partial charge in [-0.25, -0.2) is 27.3 Å². The van der Waals surface area contributed by atoms with Gasteiger partial charge in [0.25, 0.3) is 0 Å². The molecule has 22 heteroatoms. The van der Waals surface area contributed by atoms with Crippen molar-refractivity contribution in [2.24, 2.45) is 0 Å². The fourth-order valence-corrected chi connectivity index (χ4v) is 5.82. The van der Waals surface area contributed by atoms with Crippen LogP contribution in [-0.4, -0.2) is 70.1 Å². The summed E-state index contributed by atoms with van der Waals surface area (Å²) in [4.78, 5) is 50.8. The minimum Gasteiger partial charge on any atom is -0.387 e. The van der Waals surface area contributed by atoms with Gasteiger partial charge in [0.1, 0.15) is 24.7 Å². The third kappa shape index (κ3) is 6.22. The SMILES string of the molecule is C[C@@H](OP(=O)(O)OP(=O)(O)OP(=O)(O)O)[C@H]1O[C@@H](n2ncc(N)nc2=O)[C@@](F)(CF)C1O. The van der Waals surface area contributed by atoms with Crippen LogP contribution in [0.25, 0.3) is 0 Å². The molecular formula is C10H17F2N4O13P3. The van der Waals surface area contributed by atoms with Crippen molar-refractivity contribution in [2.75, 3.05) is 12.4 Å². The molecule has 2 heterocycles. The largest absolute Gasteiger partial charge is 0.490 e. The Labute approximate surface area is 176 Å². The van der Waals surface area contributed by atoms with Crippen molar-refractivity contribution in [3.63, 3.8) is 0 Å². The Hall–Kier alpha value is -1.20. The molecule has 1 fully saturated rings. The lowest BCUT2D eigenvalue weighted by atomic mass is 9.95. The third-order valence-electron chi connectivity index (χ3n) is 3.84. The van der Waals surface area contributed by atoms with Crippen LogP contribution in [0.3, 0.4) is 0 Å². The van der Waals surface area contributed by atoms with Crippen molar-refractivity contribution in [2.45, 2.75) is 37.1 Å². The minimum atomic E-state index is -5.86. The van der Waals surface area contributed by atoms with Crippen molar-refractivity contribution in [1.29, 1.82) is 0 Å². The molecule has 32 heavy (non-hydrogen) atoms. The number of aliphatic hydroxyl groups excluding tert-OH is 1. The summed E-state index contributed by atoms with van der Waals surface area (Å²) in [5, 5.41) is 13.6. The summed E-state index contributed by atoms with van der Waals surface area (Å²) >= 11 is 0. The lowest BCUT2D eigenvalue weighted by Gasteiger charge is -2.26. The highest BCUT2D eigenvalue weighted by Crippen LogP contribution is 2.66. The molecule has 0 aliphatic carbocycles. The molecule has 0 radical (unpaired) electrons. The number of aromatic nitrogens is 3. The van der Waals surface area contributed by atoms with Crippen LogP contribution in [-0.2, 0) is 31.6 Å². The summed E-state index contributed by atoms with van der Waals surface area (Å²) in [6, 6.07) is 0. The number of alkyl halides is 2. The van der Waals surface area contributed by atoms with Crippen LogP contribution >= 0.6 is 23.5 Å². The van der Waals surface area contributed by atoms with E-state index in [4.69, 9.17) is 25.2 Å². The molecule has 1 saturated heterocycles. The van der Waals surface area contributed by atoms with Gasteiger partial charge in [0, 0.05) is 0 Å². The molecule has 0 spiro atoms. The maximum atomic E-state index is 15.1. The highest BCUT2D eigenvalue weighted by molar-refractivity contribution is 7.66. The number of phosphoric ester groups is 1. The average Bonchev–Trinajstić information content (AvgIpc) is 2.84. The Morgan fingerprint density at radius 3 is 2.38 bits per heavy atom. The summed E-state index contributed by atoms with van der Waals surface area (Å²) in [6.07, 6.45) is -7.83. The molecule has 3 unspecified atom stereocenters. The van der Waals surface area contributed by atoms with Crippen LogP contribution in [0.15, 0.2) is 11.0 Å². The Bertz CT molecular complexity index is 1050. The zero-order chi connectivity index (χ0) is 24.7. The van der Waals surface area contributed by atoms with E-state index in [0.717, 1.165) is 13.1 Å². The summed E-state index contributed by atoms with van der Waals surface area (Å²) in [6.45, 7) is -1.08. The Balaban J connectivity index is 2.25. The summed E-state index contributed by atoms with van der Waals surface area (Å²) in [5.41, 5.74) is 0.614. The van der Waals surface area contributed by atoms with Gasteiger partial charge >= 0.3 is 29.2 Å². The van der Waals surface area contributed by atoms with E-state index in [9.17, 15) is 32.9 Å². The number of aliphatic hydroxyl groups is 1.